The van der Waals surface area contributed by atoms with Gasteiger partial charge in [-0.3, -0.25) is 19.2 Å². The summed E-state index contributed by atoms with van der Waals surface area (Å²) in [4.78, 5) is 48.0. The van der Waals surface area contributed by atoms with E-state index in [1.54, 1.807) is 21.6 Å². The van der Waals surface area contributed by atoms with Gasteiger partial charge in [-0.25, -0.2) is 0 Å². The van der Waals surface area contributed by atoms with Gasteiger partial charge in [-0.1, -0.05) is 194 Å². The fourth-order valence-electron chi connectivity index (χ4n) is 6.92. The minimum Gasteiger partial charge on any atom is -0.481 e. The first-order valence-electron chi connectivity index (χ1n) is 24.6. The molecule has 13 heteroatoms. The number of esters is 3. The van der Waals surface area contributed by atoms with E-state index in [1.165, 1.54) is 103 Å². The quantitative estimate of drug-likeness (QED) is 0.0287. The highest BCUT2D eigenvalue weighted by atomic mass is 33.1. The molecule has 0 aliphatic heterocycles. The van der Waals surface area contributed by atoms with Gasteiger partial charge in [-0.05, 0) is 18.4 Å². The van der Waals surface area contributed by atoms with E-state index < -0.39 is 18.0 Å². The number of unbranched alkanes of at least 4 members (excludes halogenated alkanes) is 20. The number of carbonyl (C=O) groups is 4. The van der Waals surface area contributed by atoms with Gasteiger partial charge in [0, 0.05) is 30.3 Å². The predicted octanol–water partition coefficient (Wildman–Crippen LogP) is 12.8. The van der Waals surface area contributed by atoms with Crippen molar-refractivity contribution in [1.29, 1.82) is 0 Å². The number of hydrogen-bond acceptors (Lipinski definition) is 12. The number of hydrogen-bond donors (Lipinski definition) is 1. The predicted molar refractivity (Wildman–Crippen MR) is 257 cm³/mol. The van der Waals surface area contributed by atoms with Gasteiger partial charge in [0.1, 0.15) is 19.3 Å². The zero-order valence-electron chi connectivity index (χ0n) is 39.3. The van der Waals surface area contributed by atoms with Crippen molar-refractivity contribution < 1.29 is 52.7 Å². The zero-order valence-corrected chi connectivity index (χ0v) is 41.0. The summed E-state index contributed by atoms with van der Waals surface area (Å²) in [5.41, 5.74) is 1.13. The average Bonchev–Trinajstić information content (AvgIpc) is 3.28. The van der Waals surface area contributed by atoms with Crippen LogP contribution in [0.1, 0.15) is 198 Å². The molecule has 0 aliphatic rings. The average molecular weight is 927 g/mol. The Morgan fingerprint density at radius 3 is 1.46 bits per heavy atom. The first-order chi connectivity index (χ1) is 30.8. The molecule has 0 aromatic heterocycles. The third-order valence-electron chi connectivity index (χ3n) is 10.6. The smallest absolute Gasteiger partial charge is 0.306 e. The normalized spacial score (nSPS) is 12.2. The van der Waals surface area contributed by atoms with Crippen LogP contribution in [0, 0.1) is 0 Å². The topological polar surface area (TPSA) is 144 Å². The summed E-state index contributed by atoms with van der Waals surface area (Å²) in [6, 6.07) is 10.2. The van der Waals surface area contributed by atoms with Gasteiger partial charge in [0.25, 0.3) is 0 Å². The second-order valence-electron chi connectivity index (χ2n) is 16.4. The van der Waals surface area contributed by atoms with E-state index >= 15 is 0 Å². The molecule has 0 aliphatic carbocycles. The Morgan fingerprint density at radius 1 is 0.508 bits per heavy atom. The van der Waals surface area contributed by atoms with E-state index in [9.17, 15) is 19.2 Å². The van der Waals surface area contributed by atoms with Crippen LogP contribution in [0.15, 0.2) is 30.3 Å². The minimum absolute atomic E-state index is 0.0120. The molecule has 1 aromatic rings. The summed E-state index contributed by atoms with van der Waals surface area (Å²) in [6.45, 7) is 6.96. The molecule has 0 saturated heterocycles. The summed E-state index contributed by atoms with van der Waals surface area (Å²) in [6.07, 6.45) is 27.2. The van der Waals surface area contributed by atoms with Crippen LogP contribution >= 0.6 is 21.6 Å². The number of carboxylic acids is 1. The molecule has 0 heterocycles. The van der Waals surface area contributed by atoms with Gasteiger partial charge >= 0.3 is 23.9 Å². The van der Waals surface area contributed by atoms with E-state index in [0.717, 1.165) is 49.8 Å². The van der Waals surface area contributed by atoms with Crippen molar-refractivity contribution in [2.45, 2.75) is 199 Å². The highest BCUT2D eigenvalue weighted by Crippen LogP contribution is 2.41. The Bertz CT molecular complexity index is 1220. The van der Waals surface area contributed by atoms with Crippen LogP contribution in [-0.2, 0) is 47.6 Å². The van der Waals surface area contributed by atoms with E-state index in [4.69, 9.17) is 33.5 Å². The molecule has 0 radical (unpaired) electrons. The maximum Gasteiger partial charge on any atom is 0.306 e. The highest BCUT2D eigenvalue weighted by molar-refractivity contribution is 8.76. The first kappa shape index (κ1) is 58.7. The molecule has 0 spiro atoms. The fraction of sp³-hybridized carbons (Fsp3) is 0.800. The Morgan fingerprint density at radius 2 is 0.952 bits per heavy atom. The van der Waals surface area contributed by atoms with Crippen molar-refractivity contribution in [2.75, 3.05) is 58.6 Å². The van der Waals surface area contributed by atoms with E-state index in [-0.39, 0.29) is 49.9 Å². The van der Waals surface area contributed by atoms with Crippen LogP contribution in [0.3, 0.4) is 0 Å². The van der Waals surface area contributed by atoms with Gasteiger partial charge in [0.15, 0.2) is 0 Å². The van der Waals surface area contributed by atoms with Crippen LogP contribution < -0.4 is 0 Å². The molecule has 364 valence electrons. The van der Waals surface area contributed by atoms with Gasteiger partial charge in [0.2, 0.25) is 0 Å². The lowest BCUT2D eigenvalue weighted by Gasteiger charge is -2.24. The Balaban J connectivity index is 2.51. The molecule has 1 N–H and O–H groups in total. The summed E-state index contributed by atoms with van der Waals surface area (Å²) < 4.78 is 33.5. The molecule has 1 rings (SSSR count). The molecule has 0 bridgehead atoms. The van der Waals surface area contributed by atoms with Gasteiger partial charge in [-0.15, -0.1) is 0 Å². The number of carbonyl (C=O) groups excluding carboxylic acids is 3. The van der Waals surface area contributed by atoms with Crippen molar-refractivity contribution >= 4 is 45.5 Å². The lowest BCUT2D eigenvalue weighted by molar-refractivity contribution is -0.159. The third-order valence-corrected chi connectivity index (χ3v) is 13.4. The standard InChI is InChI=1S/C50H86O11S2/c1-3-5-7-9-11-13-15-17-19-21-26-30-48(53)60-43-45(61-50(55)31-27-22-20-18-16-14-12-10-8-6-4-2)42-46(44-28-24-23-25-29-44)63-62-41-40-58-37-36-56-34-35-57-38-39-59-49(54)33-32-47(51)52/h23-25,28-29,45-46H,3-22,26-27,30-43H2,1-2H3,(H,51,52). The van der Waals surface area contributed by atoms with Crippen molar-refractivity contribution in [1.82, 2.24) is 0 Å². The van der Waals surface area contributed by atoms with E-state index in [1.807, 2.05) is 18.2 Å². The van der Waals surface area contributed by atoms with Gasteiger partial charge < -0.3 is 33.5 Å². The molecule has 2 unspecified atom stereocenters. The molecule has 2 atom stereocenters. The van der Waals surface area contributed by atoms with Gasteiger partial charge in [-0.2, -0.15) is 0 Å². The van der Waals surface area contributed by atoms with Gasteiger partial charge in [0.05, 0.1) is 52.5 Å². The monoisotopic (exact) mass is 927 g/mol. The van der Waals surface area contributed by atoms with E-state index in [2.05, 4.69) is 26.0 Å². The number of ether oxygens (including phenoxy) is 6. The zero-order chi connectivity index (χ0) is 45.7. The summed E-state index contributed by atoms with van der Waals surface area (Å²) >= 11 is 0. The van der Waals surface area contributed by atoms with Crippen LogP contribution in [0.2, 0.25) is 0 Å². The Kier molecular flexibility index (Phi) is 41.8. The van der Waals surface area contributed by atoms with Crippen LogP contribution in [-0.4, -0.2) is 93.7 Å². The second-order valence-corrected chi connectivity index (χ2v) is 19.1. The molecule has 1 aromatic carbocycles. The van der Waals surface area contributed by atoms with Crippen molar-refractivity contribution in [2.24, 2.45) is 0 Å². The molecule has 63 heavy (non-hydrogen) atoms. The summed E-state index contributed by atoms with van der Waals surface area (Å²) in [7, 11) is 3.42. The second kappa shape index (κ2) is 44.9. The molecule has 0 fully saturated rings. The third kappa shape index (κ3) is 39.7. The van der Waals surface area contributed by atoms with Crippen molar-refractivity contribution in [3.05, 3.63) is 35.9 Å². The Labute approximate surface area is 389 Å². The molecular weight excluding hydrogens is 841 g/mol. The molecule has 0 saturated carbocycles. The maximum absolute atomic E-state index is 13.2. The van der Waals surface area contributed by atoms with Crippen LogP contribution in [0.25, 0.3) is 0 Å². The highest BCUT2D eigenvalue weighted by Gasteiger charge is 2.24. The molecular formula is C50H86O11S2. The number of aliphatic carboxylic acids is 1. The van der Waals surface area contributed by atoms with Crippen LogP contribution in [0.4, 0.5) is 0 Å². The Hall–Kier alpha value is -2.32. The largest absolute Gasteiger partial charge is 0.481 e. The van der Waals surface area contributed by atoms with Crippen molar-refractivity contribution in [3.8, 4) is 0 Å². The van der Waals surface area contributed by atoms with E-state index in [0.29, 0.717) is 52.3 Å². The number of carboxylic acid groups (broad SMARTS) is 1. The molecule has 11 nitrogen and oxygen atoms in total. The maximum atomic E-state index is 13.2. The number of rotatable bonds is 47. The lowest BCUT2D eigenvalue weighted by atomic mass is 10.1. The summed E-state index contributed by atoms with van der Waals surface area (Å²) in [5.74, 6) is -1.29. The fourth-order valence-corrected chi connectivity index (χ4v) is 9.48. The summed E-state index contributed by atoms with van der Waals surface area (Å²) in [5, 5.41) is 8.62. The van der Waals surface area contributed by atoms with Crippen molar-refractivity contribution in [3.63, 3.8) is 0 Å². The lowest BCUT2D eigenvalue weighted by Crippen LogP contribution is -2.27. The van der Waals surface area contributed by atoms with Crippen LogP contribution in [0.5, 0.6) is 0 Å². The first-order valence-corrected chi connectivity index (χ1v) is 27.0. The number of benzene rings is 1. The molecule has 0 amide bonds. The SMILES string of the molecule is CCCCCCCCCCCCCC(=O)OCC(CC(SSCCOCCOCCOCCOC(=O)CCC(=O)O)c1ccccc1)OC(=O)CCCCCCCCCCCCC. The minimum atomic E-state index is -1.04.